The summed E-state index contributed by atoms with van der Waals surface area (Å²) in [6, 6.07) is 12.6. The number of hydrogen-bond donors (Lipinski definition) is 4. The molecule has 1 aliphatic carbocycles. The molecular weight excluding hydrogens is 429 g/mol. The molecular formula is C25H26BN5O3. The van der Waals surface area contributed by atoms with E-state index in [0.717, 1.165) is 65.1 Å². The van der Waals surface area contributed by atoms with Gasteiger partial charge in [-0.05, 0) is 67.4 Å². The number of carbonyl (C=O) groups excluding carboxylic acids is 1. The van der Waals surface area contributed by atoms with Gasteiger partial charge in [-0.1, -0.05) is 24.3 Å². The summed E-state index contributed by atoms with van der Waals surface area (Å²) < 4.78 is 1.93. The van der Waals surface area contributed by atoms with Crippen molar-refractivity contribution in [3.8, 4) is 11.5 Å². The van der Waals surface area contributed by atoms with E-state index >= 15 is 0 Å². The lowest BCUT2D eigenvalue weighted by atomic mass is 9.79. The number of hydrogen-bond acceptors (Lipinski definition) is 6. The minimum absolute atomic E-state index is 0.449. The van der Waals surface area contributed by atoms with Gasteiger partial charge in [-0.3, -0.25) is 4.79 Å². The highest BCUT2D eigenvalue weighted by Gasteiger charge is 2.22. The highest BCUT2D eigenvalue weighted by Crippen LogP contribution is 2.32. The molecule has 34 heavy (non-hydrogen) atoms. The van der Waals surface area contributed by atoms with Crippen LogP contribution in [0.5, 0.6) is 0 Å². The van der Waals surface area contributed by atoms with Crippen LogP contribution in [0.25, 0.3) is 17.0 Å². The number of aryl methyl sites for hydroxylation is 2. The molecule has 5 rings (SSSR count). The van der Waals surface area contributed by atoms with Crippen molar-refractivity contribution in [2.24, 2.45) is 5.73 Å². The zero-order valence-electron chi connectivity index (χ0n) is 19.0. The topological polar surface area (TPSA) is 126 Å². The Kier molecular flexibility index (Phi) is 5.81. The number of aromatic nitrogens is 3. The van der Waals surface area contributed by atoms with Gasteiger partial charge < -0.3 is 25.5 Å². The monoisotopic (exact) mass is 455 g/mol. The van der Waals surface area contributed by atoms with E-state index in [9.17, 15) is 14.8 Å². The van der Waals surface area contributed by atoms with Crippen LogP contribution in [0.4, 0.5) is 5.82 Å². The van der Waals surface area contributed by atoms with Gasteiger partial charge in [0.05, 0.1) is 16.8 Å². The normalized spacial score (nSPS) is 13.0. The van der Waals surface area contributed by atoms with Gasteiger partial charge in [0.1, 0.15) is 5.82 Å². The Hall–Kier alpha value is -3.69. The van der Waals surface area contributed by atoms with E-state index in [0.29, 0.717) is 23.4 Å². The molecule has 5 N–H and O–H groups in total. The Balaban J connectivity index is 1.57. The number of amides is 1. The first kappa shape index (κ1) is 22.1. The summed E-state index contributed by atoms with van der Waals surface area (Å²) in [5.74, 6) is 0.912. The highest BCUT2D eigenvalue weighted by atomic mass is 16.4. The molecule has 172 valence electrons. The van der Waals surface area contributed by atoms with Gasteiger partial charge in [-0.15, -0.1) is 0 Å². The maximum atomic E-state index is 11.9. The Labute approximate surface area is 197 Å². The van der Waals surface area contributed by atoms with Gasteiger partial charge in [-0.25, -0.2) is 9.97 Å². The van der Waals surface area contributed by atoms with Gasteiger partial charge in [0.15, 0.2) is 5.82 Å². The van der Waals surface area contributed by atoms with Crippen LogP contribution in [0.3, 0.4) is 0 Å². The van der Waals surface area contributed by atoms with E-state index < -0.39 is 13.0 Å². The summed E-state index contributed by atoms with van der Waals surface area (Å²) in [6.07, 6.45) is 5.87. The molecule has 0 saturated heterocycles. The zero-order valence-corrected chi connectivity index (χ0v) is 19.0. The van der Waals surface area contributed by atoms with Crippen LogP contribution < -0.4 is 16.5 Å². The SMILES string of the molecule is Cc1cc2c(C(N)=O)cccn2c1-c1nc2c(c(NCc3cccc(B(O)O)c3)n1)CCCC2. The molecule has 0 radical (unpaired) electrons. The minimum Gasteiger partial charge on any atom is -0.423 e. The number of pyridine rings is 1. The summed E-state index contributed by atoms with van der Waals surface area (Å²) in [6.45, 7) is 2.47. The number of anilines is 1. The van der Waals surface area contributed by atoms with Crippen molar-refractivity contribution in [1.82, 2.24) is 14.4 Å². The third kappa shape index (κ3) is 4.04. The quantitative estimate of drug-likeness (QED) is 0.330. The van der Waals surface area contributed by atoms with Crippen LogP contribution in [0, 0.1) is 6.92 Å². The van der Waals surface area contributed by atoms with Gasteiger partial charge >= 0.3 is 7.12 Å². The van der Waals surface area contributed by atoms with Crippen molar-refractivity contribution in [3.63, 3.8) is 0 Å². The number of nitrogens with two attached hydrogens (primary N) is 1. The van der Waals surface area contributed by atoms with Crippen LogP contribution in [-0.2, 0) is 19.4 Å². The average Bonchev–Trinajstić information content (AvgIpc) is 3.18. The molecule has 0 bridgehead atoms. The first-order valence-electron chi connectivity index (χ1n) is 11.4. The Morgan fingerprint density at radius 2 is 1.97 bits per heavy atom. The molecule has 0 atom stereocenters. The predicted octanol–water partition coefficient (Wildman–Crippen LogP) is 1.97. The molecule has 3 heterocycles. The second-order valence-electron chi connectivity index (χ2n) is 8.72. The number of benzene rings is 1. The fraction of sp³-hybridized carbons (Fsp3) is 0.240. The van der Waals surface area contributed by atoms with Crippen molar-refractivity contribution in [2.75, 3.05) is 5.32 Å². The van der Waals surface area contributed by atoms with Gasteiger partial charge in [0.2, 0.25) is 0 Å². The van der Waals surface area contributed by atoms with Gasteiger partial charge in [0.25, 0.3) is 5.91 Å². The molecule has 3 aromatic heterocycles. The maximum absolute atomic E-state index is 11.9. The largest absolute Gasteiger partial charge is 0.488 e. The molecule has 1 aliphatic rings. The number of primary amides is 1. The molecule has 9 heteroatoms. The smallest absolute Gasteiger partial charge is 0.423 e. The number of rotatable bonds is 6. The lowest BCUT2D eigenvalue weighted by molar-refractivity contribution is 0.100. The summed E-state index contributed by atoms with van der Waals surface area (Å²) in [7, 11) is -1.51. The molecule has 0 aliphatic heterocycles. The zero-order chi connectivity index (χ0) is 23.8. The molecule has 4 aromatic rings. The Bertz CT molecular complexity index is 1400. The van der Waals surface area contributed by atoms with Crippen LogP contribution in [0.2, 0.25) is 0 Å². The standard InChI is InChI=1S/C25H26BN5O3/c1-15-12-21-19(23(27)32)9-5-11-31(21)22(15)25-29-20-10-3-2-8-18(20)24(30-25)28-14-16-6-4-7-17(13-16)26(33)34/h4-7,9,11-13,33-34H,2-3,8,10,14H2,1H3,(H2,27,32)(H,28,29,30). The Morgan fingerprint density at radius 1 is 1.15 bits per heavy atom. The van der Waals surface area contributed by atoms with Crippen molar-refractivity contribution in [1.29, 1.82) is 0 Å². The summed E-state index contributed by atoms with van der Waals surface area (Å²) >= 11 is 0. The average molecular weight is 455 g/mol. The van der Waals surface area contributed by atoms with E-state index in [1.165, 1.54) is 0 Å². The number of nitrogens with one attached hydrogen (secondary N) is 1. The summed E-state index contributed by atoms with van der Waals surface area (Å²) in [4.78, 5) is 21.8. The van der Waals surface area contributed by atoms with E-state index in [2.05, 4.69) is 5.32 Å². The first-order chi connectivity index (χ1) is 16.4. The lowest BCUT2D eigenvalue weighted by Crippen LogP contribution is -2.30. The van der Waals surface area contributed by atoms with Crippen molar-refractivity contribution < 1.29 is 14.8 Å². The molecule has 0 unspecified atom stereocenters. The van der Waals surface area contributed by atoms with E-state index in [1.54, 1.807) is 30.3 Å². The summed E-state index contributed by atoms with van der Waals surface area (Å²) in [5, 5.41) is 22.4. The fourth-order valence-corrected chi connectivity index (χ4v) is 4.71. The lowest BCUT2D eigenvalue weighted by Gasteiger charge is -2.20. The number of carbonyl (C=O) groups is 1. The maximum Gasteiger partial charge on any atom is 0.488 e. The molecule has 8 nitrogen and oxygen atoms in total. The first-order valence-corrected chi connectivity index (χ1v) is 11.4. The van der Waals surface area contributed by atoms with Crippen molar-refractivity contribution >= 4 is 29.8 Å². The molecule has 0 saturated carbocycles. The molecule has 1 aromatic carbocycles. The molecule has 1 amide bonds. The number of nitrogens with zero attached hydrogens (tertiary/aromatic N) is 3. The van der Waals surface area contributed by atoms with E-state index in [4.69, 9.17) is 15.7 Å². The van der Waals surface area contributed by atoms with Gasteiger partial charge in [-0.2, -0.15) is 0 Å². The molecule has 0 spiro atoms. The molecule has 0 fully saturated rings. The number of fused-ring (bicyclic) bond motifs is 2. The van der Waals surface area contributed by atoms with Crippen molar-refractivity contribution in [2.45, 2.75) is 39.2 Å². The predicted molar refractivity (Wildman–Crippen MR) is 132 cm³/mol. The third-order valence-corrected chi connectivity index (χ3v) is 6.37. The van der Waals surface area contributed by atoms with E-state index in [1.807, 2.05) is 29.7 Å². The van der Waals surface area contributed by atoms with Crippen molar-refractivity contribution in [3.05, 3.63) is 76.6 Å². The Morgan fingerprint density at radius 3 is 2.76 bits per heavy atom. The second kappa shape index (κ2) is 8.93. The van der Waals surface area contributed by atoms with Crippen LogP contribution in [0.1, 0.15) is 45.6 Å². The third-order valence-electron chi connectivity index (χ3n) is 6.37. The fourth-order valence-electron chi connectivity index (χ4n) is 4.71. The second-order valence-corrected chi connectivity index (χ2v) is 8.72. The minimum atomic E-state index is -1.51. The summed E-state index contributed by atoms with van der Waals surface area (Å²) in [5.41, 5.74) is 12.1. The van der Waals surface area contributed by atoms with E-state index in [-0.39, 0.29) is 0 Å². The van der Waals surface area contributed by atoms with Crippen LogP contribution >= 0.6 is 0 Å². The van der Waals surface area contributed by atoms with Gasteiger partial charge in [0, 0.05) is 24.0 Å². The van der Waals surface area contributed by atoms with Crippen LogP contribution in [-0.4, -0.2) is 37.4 Å². The highest BCUT2D eigenvalue weighted by molar-refractivity contribution is 6.58. The van der Waals surface area contributed by atoms with Crippen LogP contribution in [0.15, 0.2) is 48.7 Å².